The number of nitrogens with zero attached hydrogens (tertiary/aromatic N) is 2. The molecule has 1 saturated carbocycles. The van der Waals surface area contributed by atoms with Gasteiger partial charge in [0.1, 0.15) is 5.82 Å². The first kappa shape index (κ1) is 24.3. The van der Waals surface area contributed by atoms with Gasteiger partial charge in [0, 0.05) is 24.2 Å². The summed E-state index contributed by atoms with van der Waals surface area (Å²) in [6.45, 7) is 0.454. The first-order valence-corrected chi connectivity index (χ1v) is 12.3. The lowest BCUT2D eigenvalue weighted by atomic mass is 9.86. The Morgan fingerprint density at radius 2 is 1.76 bits per heavy atom. The SMILES string of the molecule is N#Cc1cccc(-c2ccc(Cn3ccc4c(F)ccc(C(=O)NC5CCC(C(=O)O)CC5)c43)cc2)c1. The van der Waals surface area contributed by atoms with Gasteiger partial charge in [0.05, 0.1) is 28.6 Å². The van der Waals surface area contributed by atoms with Crippen LogP contribution < -0.4 is 5.32 Å². The van der Waals surface area contributed by atoms with Gasteiger partial charge in [-0.1, -0.05) is 36.4 Å². The van der Waals surface area contributed by atoms with E-state index in [4.69, 9.17) is 5.26 Å². The first-order valence-electron chi connectivity index (χ1n) is 12.3. The second-order valence-electron chi connectivity index (χ2n) is 9.55. The van der Waals surface area contributed by atoms with Crippen molar-refractivity contribution in [1.29, 1.82) is 5.26 Å². The number of benzene rings is 3. The highest BCUT2D eigenvalue weighted by atomic mass is 19.1. The summed E-state index contributed by atoms with van der Waals surface area (Å²) in [7, 11) is 0. The number of aliphatic carboxylic acids is 1. The van der Waals surface area contributed by atoms with Crippen molar-refractivity contribution in [3.8, 4) is 17.2 Å². The Hall–Kier alpha value is -4.44. The zero-order valence-electron chi connectivity index (χ0n) is 20.2. The van der Waals surface area contributed by atoms with Crippen molar-refractivity contribution in [2.75, 3.05) is 0 Å². The fraction of sp³-hybridized carbons (Fsp3) is 0.233. The number of hydrogen-bond donors (Lipinski definition) is 2. The normalized spacial score (nSPS) is 17.3. The molecule has 7 heteroatoms. The van der Waals surface area contributed by atoms with Crippen molar-refractivity contribution in [2.24, 2.45) is 5.92 Å². The van der Waals surface area contributed by atoms with Crippen LogP contribution in [0.2, 0.25) is 0 Å². The number of carbonyl (C=O) groups is 2. The molecule has 4 aromatic rings. The highest BCUT2D eigenvalue weighted by Crippen LogP contribution is 2.28. The molecule has 1 amide bonds. The number of hydrogen-bond acceptors (Lipinski definition) is 3. The third-order valence-corrected chi connectivity index (χ3v) is 7.16. The molecule has 37 heavy (non-hydrogen) atoms. The van der Waals surface area contributed by atoms with Gasteiger partial charge in [-0.3, -0.25) is 9.59 Å². The molecule has 2 N–H and O–H groups in total. The summed E-state index contributed by atoms with van der Waals surface area (Å²) in [5.41, 5.74) is 4.45. The maximum absolute atomic E-state index is 14.6. The van der Waals surface area contributed by atoms with Crippen molar-refractivity contribution in [2.45, 2.75) is 38.3 Å². The molecule has 3 aromatic carbocycles. The van der Waals surface area contributed by atoms with Crippen molar-refractivity contribution in [3.05, 3.63) is 95.4 Å². The average Bonchev–Trinajstić information content (AvgIpc) is 3.34. The lowest BCUT2D eigenvalue weighted by Crippen LogP contribution is -2.38. The highest BCUT2D eigenvalue weighted by Gasteiger charge is 2.27. The molecule has 1 fully saturated rings. The van der Waals surface area contributed by atoms with E-state index in [9.17, 15) is 19.1 Å². The number of rotatable bonds is 6. The standard InChI is InChI=1S/C30H26FN3O3/c31-27-13-12-26(29(35)33-24-10-8-22(9-11-24)30(36)37)28-25(27)14-15-34(28)18-19-4-6-21(7-5-19)23-3-1-2-20(16-23)17-32/h1-7,12-16,22,24H,8-11,18H2,(H,33,35)(H,36,37). The van der Waals surface area contributed by atoms with Gasteiger partial charge in [-0.25, -0.2) is 4.39 Å². The zero-order valence-corrected chi connectivity index (χ0v) is 20.2. The minimum absolute atomic E-state index is 0.0984. The highest BCUT2D eigenvalue weighted by molar-refractivity contribution is 6.06. The van der Waals surface area contributed by atoms with E-state index >= 15 is 0 Å². The average molecular weight is 496 g/mol. The lowest BCUT2D eigenvalue weighted by Gasteiger charge is -2.27. The molecule has 1 heterocycles. The molecule has 0 aliphatic heterocycles. The number of nitrogens with one attached hydrogen (secondary N) is 1. The Morgan fingerprint density at radius 1 is 1.00 bits per heavy atom. The molecule has 6 nitrogen and oxygen atoms in total. The molecule has 5 rings (SSSR count). The Kier molecular flexibility index (Phi) is 6.74. The summed E-state index contributed by atoms with van der Waals surface area (Å²) in [5.74, 6) is -1.81. The van der Waals surface area contributed by atoms with Gasteiger partial charge in [-0.2, -0.15) is 5.26 Å². The van der Waals surface area contributed by atoms with Crippen LogP contribution in [0.5, 0.6) is 0 Å². The minimum Gasteiger partial charge on any atom is -0.481 e. The maximum atomic E-state index is 14.6. The maximum Gasteiger partial charge on any atom is 0.306 e. The fourth-order valence-corrected chi connectivity index (χ4v) is 5.12. The summed E-state index contributed by atoms with van der Waals surface area (Å²) in [6, 6.07) is 21.9. The molecule has 1 aliphatic rings. The van der Waals surface area contributed by atoms with Gasteiger partial charge < -0.3 is 15.0 Å². The molecular formula is C30H26FN3O3. The molecule has 0 radical (unpaired) electrons. The Morgan fingerprint density at radius 3 is 2.46 bits per heavy atom. The van der Waals surface area contributed by atoms with E-state index in [2.05, 4.69) is 11.4 Å². The first-order chi connectivity index (χ1) is 17.9. The number of nitriles is 1. The Labute approximate surface area is 214 Å². The summed E-state index contributed by atoms with van der Waals surface area (Å²) in [6.07, 6.45) is 4.07. The van der Waals surface area contributed by atoms with E-state index in [1.807, 2.05) is 47.0 Å². The lowest BCUT2D eigenvalue weighted by molar-refractivity contribution is -0.142. The fourth-order valence-electron chi connectivity index (χ4n) is 5.12. The van der Waals surface area contributed by atoms with Gasteiger partial charge in [0.15, 0.2) is 0 Å². The summed E-state index contributed by atoms with van der Waals surface area (Å²) < 4.78 is 16.5. The van der Waals surface area contributed by atoms with Crippen LogP contribution in [0, 0.1) is 23.1 Å². The van der Waals surface area contributed by atoms with Crippen LogP contribution in [0.4, 0.5) is 4.39 Å². The number of fused-ring (bicyclic) bond motifs is 1. The minimum atomic E-state index is -0.786. The predicted molar refractivity (Wildman–Crippen MR) is 138 cm³/mol. The second kappa shape index (κ2) is 10.3. The number of amides is 1. The van der Waals surface area contributed by atoms with Crippen molar-refractivity contribution in [3.63, 3.8) is 0 Å². The van der Waals surface area contributed by atoms with Crippen molar-refractivity contribution < 1.29 is 19.1 Å². The predicted octanol–water partition coefficient (Wildman–Crippen LogP) is 5.74. The monoisotopic (exact) mass is 495 g/mol. The van der Waals surface area contributed by atoms with Crippen LogP contribution >= 0.6 is 0 Å². The quantitative estimate of drug-likeness (QED) is 0.357. The second-order valence-corrected chi connectivity index (χ2v) is 9.55. The number of aromatic nitrogens is 1. The topological polar surface area (TPSA) is 95.1 Å². The van der Waals surface area contributed by atoms with E-state index in [0.717, 1.165) is 16.7 Å². The van der Waals surface area contributed by atoms with E-state index in [-0.39, 0.29) is 23.7 Å². The van der Waals surface area contributed by atoms with E-state index < -0.39 is 5.97 Å². The van der Waals surface area contributed by atoms with Crippen LogP contribution in [-0.4, -0.2) is 27.6 Å². The molecule has 0 atom stereocenters. The van der Waals surface area contributed by atoms with Crippen LogP contribution in [-0.2, 0) is 11.3 Å². The number of carbonyl (C=O) groups excluding carboxylic acids is 1. The smallest absolute Gasteiger partial charge is 0.306 e. The van der Waals surface area contributed by atoms with Gasteiger partial charge in [0.25, 0.3) is 5.91 Å². The molecule has 0 bridgehead atoms. The summed E-state index contributed by atoms with van der Waals surface area (Å²) in [5, 5.41) is 21.8. The van der Waals surface area contributed by atoms with E-state index in [1.165, 1.54) is 12.1 Å². The van der Waals surface area contributed by atoms with Crippen LogP contribution in [0.25, 0.3) is 22.0 Å². The zero-order chi connectivity index (χ0) is 25.9. The Bertz CT molecular complexity index is 1510. The van der Waals surface area contributed by atoms with E-state index in [0.29, 0.717) is 54.3 Å². The van der Waals surface area contributed by atoms with Crippen molar-refractivity contribution >= 4 is 22.8 Å². The molecule has 1 aliphatic carbocycles. The molecule has 186 valence electrons. The number of carboxylic acid groups (broad SMARTS) is 1. The third-order valence-electron chi connectivity index (χ3n) is 7.16. The van der Waals surface area contributed by atoms with Gasteiger partial charge in [0.2, 0.25) is 0 Å². The molecule has 0 saturated heterocycles. The van der Waals surface area contributed by atoms with Crippen LogP contribution in [0.1, 0.15) is 47.2 Å². The summed E-state index contributed by atoms with van der Waals surface area (Å²) in [4.78, 5) is 24.4. The number of halogens is 1. The van der Waals surface area contributed by atoms with Crippen molar-refractivity contribution in [1.82, 2.24) is 9.88 Å². The molecule has 0 spiro atoms. The molecule has 1 aromatic heterocycles. The van der Waals surface area contributed by atoms with Gasteiger partial charge in [-0.05, 0) is 72.7 Å². The Balaban J connectivity index is 1.37. The molecular weight excluding hydrogens is 469 g/mol. The van der Waals surface area contributed by atoms with Gasteiger partial charge >= 0.3 is 5.97 Å². The van der Waals surface area contributed by atoms with Gasteiger partial charge in [-0.15, -0.1) is 0 Å². The third kappa shape index (κ3) is 5.10. The van der Waals surface area contributed by atoms with E-state index in [1.54, 1.807) is 18.3 Å². The largest absolute Gasteiger partial charge is 0.481 e. The number of carboxylic acids is 1. The van der Waals surface area contributed by atoms with Crippen LogP contribution in [0.3, 0.4) is 0 Å². The molecule has 0 unspecified atom stereocenters. The summed E-state index contributed by atoms with van der Waals surface area (Å²) >= 11 is 0. The van der Waals surface area contributed by atoms with Crippen LogP contribution in [0.15, 0.2) is 72.9 Å².